The molecule has 1 amide bonds. The molecule has 0 bridgehead atoms. The number of hydrogen-bond acceptors (Lipinski definition) is 3. The number of rotatable bonds is 9. The summed E-state index contributed by atoms with van der Waals surface area (Å²) in [5.41, 5.74) is 2.30. The van der Waals surface area contributed by atoms with E-state index in [1.54, 1.807) is 0 Å². The predicted molar refractivity (Wildman–Crippen MR) is 80.0 cm³/mol. The quantitative estimate of drug-likeness (QED) is 0.682. The topological polar surface area (TPSA) is 58.6 Å². The third-order valence-electron chi connectivity index (χ3n) is 3.07. The second-order valence-electron chi connectivity index (χ2n) is 5.00. The number of benzene rings is 1. The molecule has 0 heterocycles. The van der Waals surface area contributed by atoms with Crippen molar-refractivity contribution < 1.29 is 14.6 Å². The highest BCUT2D eigenvalue weighted by Gasteiger charge is 2.03. The fraction of sp³-hybridized carbons (Fsp3) is 0.562. The second kappa shape index (κ2) is 9.37. The number of carbonyl (C=O) groups excluding carboxylic acids is 1. The summed E-state index contributed by atoms with van der Waals surface area (Å²) in [4.78, 5) is 11.6. The molecule has 0 unspecified atom stereocenters. The number of carbonyl (C=O) groups is 1. The first-order valence-electron chi connectivity index (χ1n) is 7.21. The van der Waals surface area contributed by atoms with Crippen LogP contribution in [0.25, 0.3) is 0 Å². The predicted octanol–water partition coefficient (Wildman–Crippen LogP) is 2.35. The van der Waals surface area contributed by atoms with Crippen LogP contribution in [-0.2, 0) is 4.79 Å². The maximum atomic E-state index is 11.6. The van der Waals surface area contributed by atoms with Crippen LogP contribution in [-0.4, -0.2) is 30.8 Å². The van der Waals surface area contributed by atoms with E-state index in [9.17, 15) is 4.79 Å². The number of nitrogens with one attached hydrogen (secondary N) is 1. The largest absolute Gasteiger partial charge is 0.493 e. The standard InChI is InChI=1S/C16H25NO3/c1-13-6-7-15(14(2)12-13)20-11-8-16(19)17-9-4-3-5-10-18/h6-7,12,18H,3-5,8-11H2,1-2H3,(H,17,19). The minimum absolute atomic E-state index is 0.0127. The van der Waals surface area contributed by atoms with Crippen LogP contribution >= 0.6 is 0 Å². The summed E-state index contributed by atoms with van der Waals surface area (Å²) in [7, 11) is 0. The Morgan fingerprint density at radius 1 is 1.25 bits per heavy atom. The molecule has 0 saturated heterocycles. The average Bonchev–Trinajstić information content (AvgIpc) is 2.41. The van der Waals surface area contributed by atoms with Crippen molar-refractivity contribution in [2.24, 2.45) is 0 Å². The first kappa shape index (κ1) is 16.5. The molecule has 0 fully saturated rings. The lowest BCUT2D eigenvalue weighted by molar-refractivity contribution is -0.121. The van der Waals surface area contributed by atoms with Crippen molar-refractivity contribution in [2.45, 2.75) is 39.5 Å². The molecule has 0 aliphatic heterocycles. The van der Waals surface area contributed by atoms with Crippen molar-refractivity contribution in [3.8, 4) is 5.75 Å². The number of aryl methyl sites for hydroxylation is 2. The van der Waals surface area contributed by atoms with E-state index < -0.39 is 0 Å². The third-order valence-corrected chi connectivity index (χ3v) is 3.07. The van der Waals surface area contributed by atoms with Gasteiger partial charge in [0.1, 0.15) is 5.75 Å². The molecule has 0 aromatic heterocycles. The average molecular weight is 279 g/mol. The molecule has 0 atom stereocenters. The minimum Gasteiger partial charge on any atom is -0.493 e. The molecular weight excluding hydrogens is 254 g/mol. The summed E-state index contributed by atoms with van der Waals surface area (Å²) in [6.07, 6.45) is 3.01. The maximum Gasteiger partial charge on any atom is 0.223 e. The molecule has 0 aliphatic carbocycles. The highest BCUT2D eigenvalue weighted by molar-refractivity contribution is 5.75. The van der Waals surface area contributed by atoms with Crippen LogP contribution < -0.4 is 10.1 Å². The first-order chi connectivity index (χ1) is 9.63. The number of aliphatic hydroxyl groups is 1. The molecule has 0 radical (unpaired) electrons. The summed E-state index contributed by atoms with van der Waals surface area (Å²) < 4.78 is 5.61. The normalized spacial score (nSPS) is 10.3. The molecule has 20 heavy (non-hydrogen) atoms. The van der Waals surface area contributed by atoms with Gasteiger partial charge in [-0.15, -0.1) is 0 Å². The monoisotopic (exact) mass is 279 g/mol. The number of amides is 1. The number of ether oxygens (including phenoxy) is 1. The Balaban J connectivity index is 2.15. The lowest BCUT2D eigenvalue weighted by Gasteiger charge is -2.10. The zero-order chi connectivity index (χ0) is 14.8. The lowest BCUT2D eigenvalue weighted by Crippen LogP contribution is -2.26. The van der Waals surface area contributed by atoms with Gasteiger partial charge in [-0.1, -0.05) is 17.7 Å². The molecule has 0 aliphatic rings. The van der Waals surface area contributed by atoms with Crippen molar-refractivity contribution in [3.05, 3.63) is 29.3 Å². The van der Waals surface area contributed by atoms with Crippen LogP contribution in [0.3, 0.4) is 0 Å². The van der Waals surface area contributed by atoms with Gasteiger partial charge in [0.25, 0.3) is 0 Å². The van der Waals surface area contributed by atoms with Gasteiger partial charge in [-0.3, -0.25) is 4.79 Å². The molecule has 112 valence electrons. The van der Waals surface area contributed by atoms with Crippen molar-refractivity contribution in [1.82, 2.24) is 5.32 Å². The lowest BCUT2D eigenvalue weighted by atomic mass is 10.1. The number of aliphatic hydroxyl groups excluding tert-OH is 1. The Morgan fingerprint density at radius 2 is 2.05 bits per heavy atom. The van der Waals surface area contributed by atoms with Gasteiger partial charge in [0.15, 0.2) is 0 Å². The van der Waals surface area contributed by atoms with Crippen molar-refractivity contribution in [3.63, 3.8) is 0 Å². The fourth-order valence-corrected chi connectivity index (χ4v) is 1.94. The molecular formula is C16H25NO3. The van der Waals surface area contributed by atoms with Gasteiger partial charge in [-0.05, 0) is 44.7 Å². The second-order valence-corrected chi connectivity index (χ2v) is 5.00. The van der Waals surface area contributed by atoms with E-state index >= 15 is 0 Å². The summed E-state index contributed by atoms with van der Waals surface area (Å²) in [5, 5.41) is 11.5. The number of hydrogen-bond donors (Lipinski definition) is 2. The van der Waals surface area contributed by atoms with E-state index in [1.807, 2.05) is 26.0 Å². The maximum absolute atomic E-state index is 11.6. The van der Waals surface area contributed by atoms with Crippen molar-refractivity contribution in [2.75, 3.05) is 19.8 Å². The van der Waals surface area contributed by atoms with Gasteiger partial charge in [-0.25, -0.2) is 0 Å². The van der Waals surface area contributed by atoms with Crippen LogP contribution in [0, 0.1) is 13.8 Å². The van der Waals surface area contributed by atoms with Crippen LogP contribution in [0.15, 0.2) is 18.2 Å². The zero-order valence-corrected chi connectivity index (χ0v) is 12.4. The highest BCUT2D eigenvalue weighted by Crippen LogP contribution is 2.18. The van der Waals surface area contributed by atoms with Gasteiger partial charge in [0.05, 0.1) is 13.0 Å². The van der Waals surface area contributed by atoms with E-state index in [1.165, 1.54) is 5.56 Å². The van der Waals surface area contributed by atoms with Gasteiger partial charge >= 0.3 is 0 Å². The molecule has 1 aromatic carbocycles. The summed E-state index contributed by atoms with van der Waals surface area (Å²) >= 11 is 0. The molecule has 0 spiro atoms. The Labute approximate surface area is 121 Å². The van der Waals surface area contributed by atoms with Crippen molar-refractivity contribution in [1.29, 1.82) is 0 Å². The van der Waals surface area contributed by atoms with E-state index in [4.69, 9.17) is 9.84 Å². The Hall–Kier alpha value is -1.55. The Morgan fingerprint density at radius 3 is 2.75 bits per heavy atom. The van der Waals surface area contributed by atoms with Crippen LogP contribution in [0.1, 0.15) is 36.8 Å². The Kier molecular flexibility index (Phi) is 7.73. The van der Waals surface area contributed by atoms with E-state index in [-0.39, 0.29) is 12.5 Å². The molecule has 4 heteroatoms. The molecule has 0 saturated carbocycles. The zero-order valence-electron chi connectivity index (χ0n) is 12.4. The van der Waals surface area contributed by atoms with Gasteiger partial charge < -0.3 is 15.2 Å². The highest BCUT2D eigenvalue weighted by atomic mass is 16.5. The van der Waals surface area contributed by atoms with Crippen LogP contribution in [0.2, 0.25) is 0 Å². The molecule has 2 N–H and O–H groups in total. The SMILES string of the molecule is Cc1ccc(OCCC(=O)NCCCCCO)c(C)c1. The fourth-order valence-electron chi connectivity index (χ4n) is 1.94. The molecule has 4 nitrogen and oxygen atoms in total. The summed E-state index contributed by atoms with van der Waals surface area (Å²) in [6, 6.07) is 6.01. The van der Waals surface area contributed by atoms with Gasteiger partial charge in [0, 0.05) is 13.2 Å². The van der Waals surface area contributed by atoms with Gasteiger partial charge in [0.2, 0.25) is 5.91 Å². The third kappa shape index (κ3) is 6.57. The van der Waals surface area contributed by atoms with E-state index in [2.05, 4.69) is 11.4 Å². The van der Waals surface area contributed by atoms with Crippen LogP contribution in [0.4, 0.5) is 0 Å². The van der Waals surface area contributed by atoms with Crippen molar-refractivity contribution >= 4 is 5.91 Å². The first-order valence-corrected chi connectivity index (χ1v) is 7.21. The minimum atomic E-state index is 0.0127. The number of unbranched alkanes of at least 4 members (excludes halogenated alkanes) is 2. The summed E-state index contributed by atoms with van der Waals surface area (Å²) in [6.45, 7) is 5.33. The van der Waals surface area contributed by atoms with Gasteiger partial charge in [-0.2, -0.15) is 0 Å². The summed E-state index contributed by atoms with van der Waals surface area (Å²) in [5.74, 6) is 0.852. The smallest absolute Gasteiger partial charge is 0.223 e. The van der Waals surface area contributed by atoms with E-state index in [0.717, 1.165) is 30.6 Å². The van der Waals surface area contributed by atoms with Crippen LogP contribution in [0.5, 0.6) is 5.75 Å². The molecule has 1 rings (SSSR count). The Bertz CT molecular complexity index is 418. The molecule has 1 aromatic rings. The van der Waals surface area contributed by atoms with E-state index in [0.29, 0.717) is 19.6 Å².